The monoisotopic (exact) mass is 530 g/mol. The second-order valence-electron chi connectivity index (χ2n) is 9.87. The first-order valence-electron chi connectivity index (χ1n) is 10.2. The number of hydrogen-bond donors (Lipinski definition) is 0. The van der Waals surface area contributed by atoms with Gasteiger partial charge in [0, 0.05) is 0 Å². The molecule has 3 nitrogen and oxygen atoms in total. The van der Waals surface area contributed by atoms with Crippen LogP contribution in [0.15, 0.2) is 0 Å². The molecule has 3 rings (SSSR count). The number of rotatable bonds is 4. The van der Waals surface area contributed by atoms with E-state index >= 15 is 0 Å². The van der Waals surface area contributed by atoms with Crippen LogP contribution in [0.3, 0.4) is 0 Å². The standard InChI is InChI=1S/C21H27Cl5O3Si/c1-20(2,3)30(4,5)29-21-9-7-6-8-11(21)10-12(21)19(27)28-18-16(25)14(23)13(22)15(24)17(18)26/h11-12H,6-10H2,1-5H3/t11-,12-,21+/m0/s1. The minimum atomic E-state index is -2.10. The third-order valence-electron chi connectivity index (χ3n) is 7.08. The van der Waals surface area contributed by atoms with E-state index in [0.29, 0.717) is 5.92 Å². The van der Waals surface area contributed by atoms with Crippen molar-refractivity contribution in [1.82, 2.24) is 0 Å². The van der Waals surface area contributed by atoms with Crippen LogP contribution in [0.25, 0.3) is 0 Å². The fourth-order valence-electron chi connectivity index (χ4n) is 4.32. The molecule has 9 heteroatoms. The summed E-state index contributed by atoms with van der Waals surface area (Å²) in [6, 6.07) is 0. The van der Waals surface area contributed by atoms with Gasteiger partial charge in [0.05, 0.1) is 26.6 Å². The lowest BCUT2D eigenvalue weighted by molar-refractivity contribution is -0.187. The van der Waals surface area contributed by atoms with Crippen molar-refractivity contribution in [3.8, 4) is 5.75 Å². The molecule has 2 aliphatic rings. The van der Waals surface area contributed by atoms with E-state index in [1.54, 1.807) is 0 Å². The summed E-state index contributed by atoms with van der Waals surface area (Å²) in [7, 11) is -2.10. The molecular formula is C21H27Cl5O3Si. The molecule has 30 heavy (non-hydrogen) atoms. The van der Waals surface area contributed by atoms with Gasteiger partial charge >= 0.3 is 5.97 Å². The molecule has 1 aromatic carbocycles. The molecule has 2 fully saturated rings. The summed E-state index contributed by atoms with van der Waals surface area (Å²) in [5, 5.41) is 0.0322. The van der Waals surface area contributed by atoms with Crippen molar-refractivity contribution in [3.63, 3.8) is 0 Å². The van der Waals surface area contributed by atoms with Crippen molar-refractivity contribution < 1.29 is 14.0 Å². The number of halogens is 5. The molecule has 0 amide bonds. The van der Waals surface area contributed by atoms with Gasteiger partial charge in [0.25, 0.3) is 0 Å². The lowest BCUT2D eigenvalue weighted by atomic mass is 9.55. The number of carbonyl (C=O) groups is 1. The first-order chi connectivity index (χ1) is 13.7. The Morgan fingerprint density at radius 3 is 2.00 bits per heavy atom. The Balaban J connectivity index is 1.91. The average molecular weight is 533 g/mol. The Kier molecular flexibility index (Phi) is 7.14. The van der Waals surface area contributed by atoms with Crippen LogP contribution in [0.2, 0.25) is 43.2 Å². The molecule has 0 spiro atoms. The Morgan fingerprint density at radius 1 is 0.967 bits per heavy atom. The SMILES string of the molecule is CC(C)(C)[Si](C)(C)O[C@]12CCCC[C@H]1C[C@H]2C(=O)Oc1c(Cl)c(Cl)c(Cl)c(Cl)c1Cl. The highest BCUT2D eigenvalue weighted by Gasteiger charge is 2.63. The van der Waals surface area contributed by atoms with E-state index in [0.717, 1.165) is 32.1 Å². The fraction of sp³-hybridized carbons (Fsp3) is 0.667. The molecule has 0 unspecified atom stereocenters. The van der Waals surface area contributed by atoms with Crippen LogP contribution >= 0.6 is 58.0 Å². The predicted octanol–water partition coefficient (Wildman–Crippen LogP) is 8.83. The molecule has 2 aliphatic carbocycles. The third-order valence-corrected chi connectivity index (χ3v) is 13.8. The first kappa shape index (κ1) is 24.9. The maximum atomic E-state index is 13.3. The minimum absolute atomic E-state index is 0.00641. The van der Waals surface area contributed by atoms with Crippen LogP contribution in [-0.2, 0) is 9.22 Å². The van der Waals surface area contributed by atoms with Crippen LogP contribution in [0, 0.1) is 11.8 Å². The highest BCUT2D eigenvalue weighted by molar-refractivity contribution is 6.74. The summed E-state index contributed by atoms with van der Waals surface area (Å²) in [5.41, 5.74) is -0.489. The average Bonchev–Trinajstić information content (AvgIpc) is 2.64. The molecule has 0 heterocycles. The molecule has 0 aromatic heterocycles. The summed E-state index contributed by atoms with van der Waals surface area (Å²) in [4.78, 5) is 13.3. The second-order valence-corrected chi connectivity index (χ2v) is 16.5. The maximum absolute atomic E-state index is 13.3. The van der Waals surface area contributed by atoms with Gasteiger partial charge in [0.15, 0.2) is 14.1 Å². The van der Waals surface area contributed by atoms with Crippen LogP contribution in [0.4, 0.5) is 0 Å². The maximum Gasteiger partial charge on any atom is 0.317 e. The van der Waals surface area contributed by atoms with Gasteiger partial charge in [-0.25, -0.2) is 0 Å². The van der Waals surface area contributed by atoms with E-state index < -0.39 is 19.9 Å². The number of esters is 1. The van der Waals surface area contributed by atoms with E-state index in [2.05, 4.69) is 33.9 Å². The third kappa shape index (κ3) is 4.15. The smallest absolute Gasteiger partial charge is 0.317 e. The Hall–Kier alpha value is 0.317. The van der Waals surface area contributed by atoms with Gasteiger partial charge in [-0.1, -0.05) is 91.6 Å². The molecule has 0 N–H and O–H groups in total. The summed E-state index contributed by atoms with van der Waals surface area (Å²) < 4.78 is 12.6. The van der Waals surface area contributed by atoms with E-state index in [1.807, 2.05) is 0 Å². The quantitative estimate of drug-likeness (QED) is 0.128. The van der Waals surface area contributed by atoms with Gasteiger partial charge in [-0.2, -0.15) is 0 Å². The molecule has 3 atom stereocenters. The van der Waals surface area contributed by atoms with Crippen molar-refractivity contribution >= 4 is 72.3 Å². The zero-order valence-electron chi connectivity index (χ0n) is 17.8. The zero-order valence-corrected chi connectivity index (χ0v) is 22.6. The molecule has 1 aromatic rings. The summed E-state index contributed by atoms with van der Waals surface area (Å²) in [6.45, 7) is 11.1. The Morgan fingerprint density at radius 2 is 1.50 bits per heavy atom. The number of ether oxygens (including phenoxy) is 1. The van der Waals surface area contributed by atoms with Crippen molar-refractivity contribution in [3.05, 3.63) is 25.1 Å². The fourth-order valence-corrected chi connectivity index (χ4v) is 7.18. The minimum Gasteiger partial charge on any atom is -0.423 e. The Bertz CT molecular complexity index is 838. The van der Waals surface area contributed by atoms with E-state index in [9.17, 15) is 4.79 Å². The molecule has 2 saturated carbocycles. The second kappa shape index (κ2) is 8.59. The molecule has 0 saturated heterocycles. The summed E-state index contributed by atoms with van der Waals surface area (Å²) in [6.07, 6.45) is 4.86. The molecule has 168 valence electrons. The summed E-state index contributed by atoms with van der Waals surface area (Å²) in [5.74, 6) is -0.479. The van der Waals surface area contributed by atoms with Gasteiger partial charge in [-0.3, -0.25) is 4.79 Å². The lowest BCUT2D eigenvalue weighted by Gasteiger charge is -2.60. The van der Waals surface area contributed by atoms with E-state index in [1.165, 1.54) is 0 Å². The highest BCUT2D eigenvalue weighted by atomic mass is 35.5. The Labute approximate surface area is 204 Å². The normalized spacial score (nSPS) is 26.7. The topological polar surface area (TPSA) is 35.5 Å². The van der Waals surface area contributed by atoms with Gasteiger partial charge < -0.3 is 9.16 Å². The zero-order chi connectivity index (χ0) is 22.6. The van der Waals surface area contributed by atoms with Gasteiger partial charge in [-0.15, -0.1) is 0 Å². The van der Waals surface area contributed by atoms with Crippen molar-refractivity contribution in [2.75, 3.05) is 0 Å². The van der Waals surface area contributed by atoms with E-state index in [-0.39, 0.29) is 41.8 Å². The van der Waals surface area contributed by atoms with Crippen LogP contribution < -0.4 is 4.74 Å². The van der Waals surface area contributed by atoms with Crippen molar-refractivity contribution in [2.24, 2.45) is 11.8 Å². The number of hydrogen-bond acceptors (Lipinski definition) is 3. The van der Waals surface area contributed by atoms with Gasteiger partial charge in [0.1, 0.15) is 10.0 Å². The van der Waals surface area contributed by atoms with Gasteiger partial charge in [-0.05, 0) is 43.3 Å². The van der Waals surface area contributed by atoms with Crippen LogP contribution in [0.5, 0.6) is 5.75 Å². The molecular weight excluding hydrogens is 506 g/mol. The van der Waals surface area contributed by atoms with Crippen molar-refractivity contribution in [1.29, 1.82) is 0 Å². The summed E-state index contributed by atoms with van der Waals surface area (Å²) >= 11 is 30.8. The largest absolute Gasteiger partial charge is 0.423 e. The van der Waals surface area contributed by atoms with Crippen LogP contribution in [0.1, 0.15) is 52.9 Å². The molecule has 0 bridgehead atoms. The number of carbonyl (C=O) groups excluding carboxylic acids is 1. The molecule has 0 radical (unpaired) electrons. The van der Waals surface area contributed by atoms with E-state index in [4.69, 9.17) is 67.2 Å². The van der Waals surface area contributed by atoms with Crippen molar-refractivity contribution in [2.45, 2.75) is 76.6 Å². The van der Waals surface area contributed by atoms with Gasteiger partial charge in [0.2, 0.25) is 0 Å². The van der Waals surface area contributed by atoms with Crippen LogP contribution in [-0.4, -0.2) is 19.9 Å². The molecule has 0 aliphatic heterocycles. The number of benzene rings is 1. The highest BCUT2D eigenvalue weighted by Crippen LogP contribution is 2.59. The predicted molar refractivity (Wildman–Crippen MR) is 128 cm³/mol. The lowest BCUT2D eigenvalue weighted by Crippen LogP contribution is -2.66. The first-order valence-corrected chi connectivity index (χ1v) is 15.0. The number of fused-ring (bicyclic) bond motifs is 1.